The summed E-state index contributed by atoms with van der Waals surface area (Å²) >= 11 is 0. The van der Waals surface area contributed by atoms with Crippen LogP contribution in [-0.4, -0.2) is 24.9 Å². The molecule has 3 N–H and O–H groups in total. The minimum atomic E-state index is -0.0460. The third kappa shape index (κ3) is 7.48. The first kappa shape index (κ1) is 19.5. The zero-order valence-corrected chi connectivity index (χ0v) is 14.4. The van der Waals surface area contributed by atoms with Gasteiger partial charge in [-0.3, -0.25) is 9.59 Å². The molecule has 1 saturated heterocycles. The molecule has 0 radical (unpaired) electrons. The zero-order chi connectivity index (χ0) is 15.8. The number of amides is 2. The monoisotopic (exact) mass is 339 g/mol. The average Bonchev–Trinajstić information content (AvgIpc) is 2.53. The van der Waals surface area contributed by atoms with Crippen molar-refractivity contribution < 1.29 is 9.59 Å². The first-order chi connectivity index (χ1) is 10.6. The maximum Gasteiger partial charge on any atom is 0.224 e. The molecule has 0 bridgehead atoms. The van der Waals surface area contributed by atoms with Gasteiger partial charge in [-0.2, -0.15) is 0 Å². The molecule has 5 nitrogen and oxygen atoms in total. The predicted octanol–water partition coefficient (Wildman–Crippen LogP) is 2.46. The van der Waals surface area contributed by atoms with E-state index in [-0.39, 0.29) is 24.2 Å². The van der Waals surface area contributed by atoms with Gasteiger partial charge in [0.25, 0.3) is 0 Å². The minimum absolute atomic E-state index is 0. The van der Waals surface area contributed by atoms with Crippen LogP contribution in [0.5, 0.6) is 0 Å². The summed E-state index contributed by atoms with van der Waals surface area (Å²) in [7, 11) is 0. The van der Waals surface area contributed by atoms with Crippen molar-refractivity contribution in [1.82, 2.24) is 10.6 Å². The summed E-state index contributed by atoms with van der Waals surface area (Å²) in [4.78, 5) is 22.8. The van der Waals surface area contributed by atoms with E-state index in [0.29, 0.717) is 18.9 Å². The molecule has 1 aromatic rings. The first-order valence-electron chi connectivity index (χ1n) is 7.97. The van der Waals surface area contributed by atoms with Gasteiger partial charge < -0.3 is 16.0 Å². The van der Waals surface area contributed by atoms with E-state index in [4.69, 9.17) is 0 Å². The Balaban J connectivity index is 0.00000264. The van der Waals surface area contributed by atoms with E-state index in [1.165, 1.54) is 19.8 Å². The van der Waals surface area contributed by atoms with Crippen molar-refractivity contribution >= 4 is 29.9 Å². The van der Waals surface area contributed by atoms with Crippen molar-refractivity contribution in [1.29, 1.82) is 0 Å². The number of nitrogens with one attached hydrogen (secondary N) is 3. The van der Waals surface area contributed by atoms with Crippen molar-refractivity contribution in [2.24, 2.45) is 5.92 Å². The standard InChI is InChI=1S/C17H25N3O2.ClH/c1-13(21)19-12-15-2-5-16(6-3-15)20-17(22)7-4-14-8-10-18-11-9-14;/h2-3,5-6,14,18H,4,7-12H2,1H3,(H,19,21)(H,20,22);1H. The summed E-state index contributed by atoms with van der Waals surface area (Å²) in [5.74, 6) is 0.704. The van der Waals surface area contributed by atoms with Gasteiger partial charge in [0, 0.05) is 25.6 Å². The number of halogens is 1. The fourth-order valence-electron chi connectivity index (χ4n) is 2.66. The van der Waals surface area contributed by atoms with E-state index in [1.807, 2.05) is 24.3 Å². The molecule has 1 heterocycles. The molecule has 0 aromatic heterocycles. The van der Waals surface area contributed by atoms with Crippen LogP contribution in [0.2, 0.25) is 0 Å². The lowest BCUT2D eigenvalue weighted by atomic mass is 9.93. The second-order valence-corrected chi connectivity index (χ2v) is 5.89. The third-order valence-corrected chi connectivity index (χ3v) is 4.02. The number of benzene rings is 1. The maximum absolute atomic E-state index is 12.0. The van der Waals surface area contributed by atoms with Crippen LogP contribution >= 0.6 is 12.4 Å². The zero-order valence-electron chi connectivity index (χ0n) is 13.6. The van der Waals surface area contributed by atoms with Gasteiger partial charge >= 0.3 is 0 Å². The fourth-order valence-corrected chi connectivity index (χ4v) is 2.66. The molecule has 2 rings (SSSR count). The number of hydrogen-bond donors (Lipinski definition) is 3. The summed E-state index contributed by atoms with van der Waals surface area (Å²) in [6, 6.07) is 7.58. The summed E-state index contributed by atoms with van der Waals surface area (Å²) < 4.78 is 0. The SMILES string of the molecule is CC(=O)NCc1ccc(NC(=O)CCC2CCNCC2)cc1.Cl. The normalized spacial score (nSPS) is 14.7. The van der Waals surface area contributed by atoms with E-state index < -0.39 is 0 Å². The fraction of sp³-hybridized carbons (Fsp3) is 0.529. The number of carbonyl (C=O) groups excluding carboxylic acids is 2. The van der Waals surface area contributed by atoms with Gasteiger partial charge in [-0.1, -0.05) is 12.1 Å². The quantitative estimate of drug-likeness (QED) is 0.745. The van der Waals surface area contributed by atoms with Crippen molar-refractivity contribution in [3.63, 3.8) is 0 Å². The Bertz CT molecular complexity index is 499. The topological polar surface area (TPSA) is 70.2 Å². The van der Waals surface area contributed by atoms with Crippen molar-refractivity contribution in [3.05, 3.63) is 29.8 Å². The second-order valence-electron chi connectivity index (χ2n) is 5.89. The highest BCUT2D eigenvalue weighted by Crippen LogP contribution is 2.18. The van der Waals surface area contributed by atoms with E-state index in [1.54, 1.807) is 0 Å². The Labute approximate surface area is 144 Å². The summed E-state index contributed by atoms with van der Waals surface area (Å²) in [6.07, 6.45) is 3.89. The van der Waals surface area contributed by atoms with Crippen LogP contribution in [0.25, 0.3) is 0 Å². The van der Waals surface area contributed by atoms with Gasteiger partial charge in [0.15, 0.2) is 0 Å². The highest BCUT2D eigenvalue weighted by atomic mass is 35.5. The Hall–Kier alpha value is -1.59. The Morgan fingerprint density at radius 2 is 1.83 bits per heavy atom. The number of hydrogen-bond acceptors (Lipinski definition) is 3. The molecule has 0 saturated carbocycles. The average molecular weight is 340 g/mol. The molecule has 1 fully saturated rings. The summed E-state index contributed by atoms with van der Waals surface area (Å²) in [6.45, 7) is 4.15. The lowest BCUT2D eigenvalue weighted by Gasteiger charge is -2.22. The molecule has 1 aromatic carbocycles. The molecular weight excluding hydrogens is 314 g/mol. The van der Waals surface area contributed by atoms with E-state index in [0.717, 1.165) is 30.8 Å². The molecule has 128 valence electrons. The lowest BCUT2D eigenvalue weighted by molar-refractivity contribution is -0.119. The van der Waals surface area contributed by atoms with Gasteiger partial charge in [0.05, 0.1) is 0 Å². The molecule has 6 heteroatoms. The Morgan fingerprint density at radius 1 is 1.17 bits per heavy atom. The smallest absolute Gasteiger partial charge is 0.224 e. The largest absolute Gasteiger partial charge is 0.352 e. The van der Waals surface area contributed by atoms with E-state index in [2.05, 4.69) is 16.0 Å². The number of piperidine rings is 1. The van der Waals surface area contributed by atoms with Crippen LogP contribution in [0.15, 0.2) is 24.3 Å². The summed E-state index contributed by atoms with van der Waals surface area (Å²) in [5.41, 5.74) is 1.82. The van der Waals surface area contributed by atoms with Crippen LogP contribution in [0.3, 0.4) is 0 Å². The number of rotatable bonds is 6. The van der Waals surface area contributed by atoms with E-state index >= 15 is 0 Å². The molecular formula is C17H26ClN3O2. The maximum atomic E-state index is 12.0. The number of anilines is 1. The molecule has 0 atom stereocenters. The second kappa shape index (κ2) is 10.2. The van der Waals surface area contributed by atoms with Crippen LogP contribution in [0, 0.1) is 5.92 Å². The Morgan fingerprint density at radius 3 is 2.43 bits per heavy atom. The highest BCUT2D eigenvalue weighted by molar-refractivity contribution is 5.90. The van der Waals surface area contributed by atoms with Crippen LogP contribution in [0.1, 0.15) is 38.2 Å². The predicted molar refractivity (Wildman–Crippen MR) is 94.7 cm³/mol. The van der Waals surface area contributed by atoms with Crippen LogP contribution < -0.4 is 16.0 Å². The molecule has 23 heavy (non-hydrogen) atoms. The van der Waals surface area contributed by atoms with Crippen LogP contribution in [-0.2, 0) is 16.1 Å². The van der Waals surface area contributed by atoms with Gasteiger partial charge in [-0.15, -0.1) is 12.4 Å². The van der Waals surface area contributed by atoms with Crippen molar-refractivity contribution in [3.8, 4) is 0 Å². The number of carbonyl (C=O) groups is 2. The highest BCUT2D eigenvalue weighted by Gasteiger charge is 2.14. The van der Waals surface area contributed by atoms with Gasteiger partial charge in [0.1, 0.15) is 0 Å². The van der Waals surface area contributed by atoms with Crippen LogP contribution in [0.4, 0.5) is 5.69 Å². The summed E-state index contributed by atoms with van der Waals surface area (Å²) in [5, 5.41) is 9.02. The van der Waals surface area contributed by atoms with Crippen molar-refractivity contribution in [2.75, 3.05) is 18.4 Å². The first-order valence-corrected chi connectivity index (χ1v) is 7.97. The minimum Gasteiger partial charge on any atom is -0.352 e. The van der Waals surface area contributed by atoms with Gasteiger partial charge in [-0.05, 0) is 56.0 Å². The molecule has 0 aliphatic carbocycles. The lowest BCUT2D eigenvalue weighted by Crippen LogP contribution is -2.28. The van der Waals surface area contributed by atoms with Crippen molar-refractivity contribution in [2.45, 2.75) is 39.2 Å². The third-order valence-electron chi connectivity index (χ3n) is 4.02. The molecule has 1 aliphatic rings. The molecule has 0 spiro atoms. The molecule has 1 aliphatic heterocycles. The molecule has 0 unspecified atom stereocenters. The van der Waals surface area contributed by atoms with E-state index in [9.17, 15) is 9.59 Å². The molecule has 2 amide bonds. The Kier molecular flexibility index (Phi) is 8.66. The van der Waals surface area contributed by atoms with Gasteiger partial charge in [0.2, 0.25) is 11.8 Å². The van der Waals surface area contributed by atoms with Gasteiger partial charge in [-0.25, -0.2) is 0 Å².